The summed E-state index contributed by atoms with van der Waals surface area (Å²) in [7, 11) is -3.35. The van der Waals surface area contributed by atoms with E-state index in [9.17, 15) is 8.42 Å². The second-order valence-corrected chi connectivity index (χ2v) is 8.88. The third-order valence-corrected chi connectivity index (χ3v) is 6.61. The van der Waals surface area contributed by atoms with Crippen LogP contribution in [0, 0.1) is 5.92 Å². The van der Waals surface area contributed by atoms with E-state index in [1.54, 1.807) is 22.9 Å². The lowest BCUT2D eigenvalue weighted by molar-refractivity contribution is 0.247. The second-order valence-electron chi connectivity index (χ2n) is 6.91. The number of hydrogen-bond acceptors (Lipinski definition) is 7. The predicted octanol–water partition coefficient (Wildman–Crippen LogP) is 2.31. The first-order chi connectivity index (χ1) is 13.6. The SMILES string of the molecule is O=S(=O)(Cc1ccccc1)N1CCC[C@H](Cc2nc(-c3cnccn3)no2)C1. The number of nitrogens with zero attached hydrogens (tertiary/aromatic N) is 5. The third-order valence-electron chi connectivity index (χ3n) is 4.79. The second kappa shape index (κ2) is 8.15. The van der Waals surface area contributed by atoms with E-state index in [4.69, 9.17) is 4.52 Å². The zero-order valence-corrected chi connectivity index (χ0v) is 16.1. The van der Waals surface area contributed by atoms with E-state index in [0.717, 1.165) is 18.4 Å². The molecule has 1 atom stereocenters. The summed E-state index contributed by atoms with van der Waals surface area (Å²) in [5, 5.41) is 3.96. The van der Waals surface area contributed by atoms with Gasteiger partial charge in [0.15, 0.2) is 0 Å². The highest BCUT2D eigenvalue weighted by atomic mass is 32.2. The average molecular weight is 399 g/mol. The number of aromatic nitrogens is 4. The normalized spacial score (nSPS) is 18.2. The van der Waals surface area contributed by atoms with Crippen LogP contribution in [0.3, 0.4) is 0 Å². The topological polar surface area (TPSA) is 102 Å². The quantitative estimate of drug-likeness (QED) is 0.627. The van der Waals surface area contributed by atoms with Crippen molar-refractivity contribution in [3.8, 4) is 11.5 Å². The number of hydrogen-bond donors (Lipinski definition) is 0. The summed E-state index contributed by atoms with van der Waals surface area (Å²) in [6.07, 6.45) is 7.03. The minimum Gasteiger partial charge on any atom is -0.339 e. The van der Waals surface area contributed by atoms with E-state index in [-0.39, 0.29) is 11.7 Å². The predicted molar refractivity (Wildman–Crippen MR) is 102 cm³/mol. The molecule has 146 valence electrons. The lowest BCUT2D eigenvalue weighted by Crippen LogP contribution is -2.41. The largest absolute Gasteiger partial charge is 0.339 e. The number of benzene rings is 1. The standard InChI is InChI=1S/C19H21N5O3S/c25-28(26,14-15-5-2-1-3-6-15)24-10-4-7-16(13-24)11-18-22-19(23-27-18)17-12-20-8-9-21-17/h1-3,5-6,8-9,12,16H,4,7,10-11,13-14H2/t16-/m1/s1. The van der Waals surface area contributed by atoms with Crippen LogP contribution in [0.1, 0.15) is 24.3 Å². The third kappa shape index (κ3) is 4.42. The van der Waals surface area contributed by atoms with Gasteiger partial charge in [0.05, 0.1) is 11.9 Å². The van der Waals surface area contributed by atoms with E-state index in [1.807, 2.05) is 30.3 Å². The first kappa shape index (κ1) is 18.7. The molecule has 1 aromatic carbocycles. The Labute approximate surface area is 163 Å². The molecule has 4 rings (SSSR count). The molecular weight excluding hydrogens is 378 g/mol. The summed E-state index contributed by atoms with van der Waals surface area (Å²) in [5.74, 6) is 1.06. The molecule has 3 heterocycles. The summed E-state index contributed by atoms with van der Waals surface area (Å²) >= 11 is 0. The van der Waals surface area contributed by atoms with E-state index in [1.165, 1.54) is 0 Å². The fourth-order valence-electron chi connectivity index (χ4n) is 3.43. The fraction of sp³-hybridized carbons (Fsp3) is 0.368. The van der Waals surface area contributed by atoms with Gasteiger partial charge in [0.1, 0.15) is 5.69 Å². The van der Waals surface area contributed by atoms with Gasteiger partial charge in [-0.05, 0) is 24.3 Å². The van der Waals surface area contributed by atoms with Crippen molar-refractivity contribution < 1.29 is 12.9 Å². The summed E-state index contributed by atoms with van der Waals surface area (Å²) in [6, 6.07) is 9.27. The van der Waals surface area contributed by atoms with Gasteiger partial charge >= 0.3 is 0 Å². The smallest absolute Gasteiger partial charge is 0.227 e. The molecule has 0 spiro atoms. The van der Waals surface area contributed by atoms with Crippen LogP contribution in [0.15, 0.2) is 53.4 Å². The van der Waals surface area contributed by atoms with Gasteiger partial charge in [-0.3, -0.25) is 4.98 Å². The summed E-state index contributed by atoms with van der Waals surface area (Å²) < 4.78 is 32.5. The van der Waals surface area contributed by atoms with Gasteiger partial charge < -0.3 is 4.52 Å². The van der Waals surface area contributed by atoms with Crippen molar-refractivity contribution in [1.82, 2.24) is 24.4 Å². The molecule has 1 aliphatic heterocycles. The van der Waals surface area contributed by atoms with Crippen LogP contribution in [-0.2, 0) is 22.2 Å². The Bertz CT molecular complexity index is 1010. The molecule has 1 saturated heterocycles. The molecule has 1 fully saturated rings. The molecule has 9 heteroatoms. The van der Waals surface area contributed by atoms with Crippen LogP contribution in [0.25, 0.3) is 11.5 Å². The number of rotatable bonds is 6. The molecule has 0 bridgehead atoms. The van der Waals surface area contributed by atoms with Crippen molar-refractivity contribution in [1.29, 1.82) is 0 Å². The minimum atomic E-state index is -3.35. The maximum Gasteiger partial charge on any atom is 0.227 e. The van der Waals surface area contributed by atoms with Crippen LogP contribution < -0.4 is 0 Å². The molecule has 0 unspecified atom stereocenters. The molecule has 0 amide bonds. The maximum absolute atomic E-state index is 12.8. The molecule has 1 aliphatic rings. The van der Waals surface area contributed by atoms with Gasteiger partial charge in [0.2, 0.25) is 21.7 Å². The van der Waals surface area contributed by atoms with Crippen molar-refractivity contribution in [2.45, 2.75) is 25.0 Å². The lowest BCUT2D eigenvalue weighted by Gasteiger charge is -2.31. The molecule has 8 nitrogen and oxygen atoms in total. The van der Waals surface area contributed by atoms with Crippen molar-refractivity contribution >= 4 is 10.0 Å². The summed E-state index contributed by atoms with van der Waals surface area (Å²) in [4.78, 5) is 12.5. The summed E-state index contributed by atoms with van der Waals surface area (Å²) in [6.45, 7) is 1.03. The Morgan fingerprint density at radius 1 is 1.18 bits per heavy atom. The Kier molecular flexibility index (Phi) is 5.45. The van der Waals surface area contributed by atoms with E-state index < -0.39 is 10.0 Å². The van der Waals surface area contributed by atoms with Crippen molar-refractivity contribution in [2.75, 3.05) is 13.1 Å². The van der Waals surface area contributed by atoms with E-state index in [2.05, 4.69) is 20.1 Å². The Morgan fingerprint density at radius 3 is 2.82 bits per heavy atom. The van der Waals surface area contributed by atoms with E-state index in [0.29, 0.717) is 36.9 Å². The molecule has 0 aliphatic carbocycles. The Balaban J connectivity index is 1.41. The van der Waals surface area contributed by atoms with Crippen molar-refractivity contribution in [3.05, 3.63) is 60.4 Å². The number of piperidine rings is 1. The highest BCUT2D eigenvalue weighted by molar-refractivity contribution is 7.88. The average Bonchev–Trinajstić information content (AvgIpc) is 3.18. The molecule has 0 radical (unpaired) electrons. The monoisotopic (exact) mass is 399 g/mol. The molecule has 3 aromatic rings. The van der Waals surface area contributed by atoms with Crippen LogP contribution >= 0.6 is 0 Å². The molecule has 0 N–H and O–H groups in total. The van der Waals surface area contributed by atoms with Gasteiger partial charge in [-0.25, -0.2) is 17.7 Å². The van der Waals surface area contributed by atoms with Crippen molar-refractivity contribution in [2.24, 2.45) is 5.92 Å². The van der Waals surface area contributed by atoms with Gasteiger partial charge in [-0.15, -0.1) is 0 Å². The Hall–Kier alpha value is -2.65. The zero-order chi connectivity index (χ0) is 19.4. The maximum atomic E-state index is 12.8. The van der Waals surface area contributed by atoms with Gasteiger partial charge in [0, 0.05) is 31.9 Å². The van der Waals surface area contributed by atoms with E-state index >= 15 is 0 Å². The first-order valence-electron chi connectivity index (χ1n) is 9.21. The van der Waals surface area contributed by atoms with Crippen LogP contribution in [0.2, 0.25) is 0 Å². The van der Waals surface area contributed by atoms with Gasteiger partial charge in [-0.2, -0.15) is 4.98 Å². The first-order valence-corrected chi connectivity index (χ1v) is 10.8. The zero-order valence-electron chi connectivity index (χ0n) is 15.3. The van der Waals surface area contributed by atoms with Crippen LogP contribution in [0.4, 0.5) is 0 Å². The fourth-order valence-corrected chi connectivity index (χ4v) is 5.07. The van der Waals surface area contributed by atoms with Gasteiger partial charge in [-0.1, -0.05) is 35.5 Å². The van der Waals surface area contributed by atoms with Crippen LogP contribution in [0.5, 0.6) is 0 Å². The highest BCUT2D eigenvalue weighted by Crippen LogP contribution is 2.24. The Morgan fingerprint density at radius 2 is 2.04 bits per heavy atom. The molecular formula is C19H21N5O3S. The van der Waals surface area contributed by atoms with Crippen LogP contribution in [-0.4, -0.2) is 45.9 Å². The molecule has 28 heavy (non-hydrogen) atoms. The molecule has 0 saturated carbocycles. The molecule has 2 aromatic heterocycles. The highest BCUT2D eigenvalue weighted by Gasteiger charge is 2.30. The summed E-state index contributed by atoms with van der Waals surface area (Å²) in [5.41, 5.74) is 1.35. The van der Waals surface area contributed by atoms with Gasteiger partial charge in [0.25, 0.3) is 0 Å². The van der Waals surface area contributed by atoms with Crippen molar-refractivity contribution in [3.63, 3.8) is 0 Å². The lowest BCUT2D eigenvalue weighted by atomic mass is 9.96. The number of sulfonamides is 1. The minimum absolute atomic E-state index is 0.0257.